The van der Waals surface area contributed by atoms with E-state index in [4.69, 9.17) is 0 Å². The lowest BCUT2D eigenvalue weighted by molar-refractivity contribution is 1.12. The van der Waals surface area contributed by atoms with Crippen molar-refractivity contribution < 1.29 is 0 Å². The standard InChI is InChI=1S/C12H13N/c1-3-11-9-8-10-6-4-5-7-12(10)13(11)2/h3-9H,1-2H3/b11-3-. The second kappa shape index (κ2) is 3.09. The molecule has 1 heterocycles. The molecule has 0 N–H and O–H groups in total. The van der Waals surface area contributed by atoms with Crippen molar-refractivity contribution in [3.63, 3.8) is 0 Å². The largest absolute Gasteiger partial charge is 0.344 e. The molecule has 0 saturated heterocycles. The Balaban J connectivity index is 2.54. The van der Waals surface area contributed by atoms with Gasteiger partial charge in [-0.3, -0.25) is 0 Å². The number of hydrogen-bond donors (Lipinski definition) is 0. The molecule has 0 spiro atoms. The molecule has 0 amide bonds. The number of nitrogens with zero attached hydrogens (tertiary/aromatic N) is 1. The molecule has 1 aromatic rings. The summed E-state index contributed by atoms with van der Waals surface area (Å²) in [4.78, 5) is 2.20. The van der Waals surface area contributed by atoms with Crippen LogP contribution in [0.15, 0.2) is 42.1 Å². The quantitative estimate of drug-likeness (QED) is 0.580. The van der Waals surface area contributed by atoms with E-state index in [1.165, 1.54) is 16.9 Å². The van der Waals surface area contributed by atoms with Gasteiger partial charge in [0.15, 0.2) is 0 Å². The fourth-order valence-electron chi connectivity index (χ4n) is 1.65. The van der Waals surface area contributed by atoms with Gasteiger partial charge in [-0.05, 0) is 24.6 Å². The molecule has 13 heavy (non-hydrogen) atoms. The van der Waals surface area contributed by atoms with Crippen LogP contribution in [0.4, 0.5) is 5.69 Å². The fraction of sp³-hybridized carbons (Fsp3) is 0.167. The van der Waals surface area contributed by atoms with Crippen molar-refractivity contribution in [3.8, 4) is 0 Å². The highest BCUT2D eigenvalue weighted by atomic mass is 15.1. The minimum Gasteiger partial charge on any atom is -0.344 e. The fourth-order valence-corrected chi connectivity index (χ4v) is 1.65. The molecule has 1 heteroatoms. The summed E-state index contributed by atoms with van der Waals surface area (Å²) >= 11 is 0. The summed E-state index contributed by atoms with van der Waals surface area (Å²) in [5, 5.41) is 0. The predicted octanol–water partition coefficient (Wildman–Crippen LogP) is 3.05. The van der Waals surface area contributed by atoms with Crippen LogP contribution in [0.1, 0.15) is 12.5 Å². The molecule has 0 fully saturated rings. The first kappa shape index (κ1) is 8.11. The number of likely N-dealkylation sites (N-methyl/N-ethyl adjacent to an activating group) is 1. The van der Waals surface area contributed by atoms with Crippen molar-refractivity contribution in [2.24, 2.45) is 0 Å². The highest BCUT2D eigenvalue weighted by Gasteiger charge is 2.10. The molecule has 0 radical (unpaired) electrons. The second-order valence-electron chi connectivity index (χ2n) is 3.16. The summed E-state index contributed by atoms with van der Waals surface area (Å²) in [5.74, 6) is 0. The highest BCUT2D eigenvalue weighted by Crippen LogP contribution is 2.28. The van der Waals surface area contributed by atoms with E-state index in [1.54, 1.807) is 0 Å². The maximum absolute atomic E-state index is 2.20. The first-order valence-electron chi connectivity index (χ1n) is 4.50. The van der Waals surface area contributed by atoms with Gasteiger partial charge in [0, 0.05) is 18.4 Å². The van der Waals surface area contributed by atoms with Gasteiger partial charge < -0.3 is 4.90 Å². The summed E-state index contributed by atoms with van der Waals surface area (Å²) in [5.41, 5.74) is 3.81. The van der Waals surface area contributed by atoms with Crippen LogP contribution in [0, 0.1) is 0 Å². The van der Waals surface area contributed by atoms with E-state index in [-0.39, 0.29) is 0 Å². The Labute approximate surface area is 79.0 Å². The average molecular weight is 171 g/mol. The zero-order chi connectivity index (χ0) is 9.26. The highest BCUT2D eigenvalue weighted by molar-refractivity contribution is 5.75. The molecule has 0 bridgehead atoms. The van der Waals surface area contributed by atoms with Gasteiger partial charge in [0.05, 0.1) is 0 Å². The maximum atomic E-state index is 2.20. The number of anilines is 1. The van der Waals surface area contributed by atoms with Crippen LogP contribution < -0.4 is 4.90 Å². The normalized spacial score (nSPS) is 17.7. The smallest absolute Gasteiger partial charge is 0.0481 e. The van der Waals surface area contributed by atoms with Gasteiger partial charge in [0.1, 0.15) is 0 Å². The zero-order valence-electron chi connectivity index (χ0n) is 7.99. The van der Waals surface area contributed by atoms with Gasteiger partial charge in [-0.1, -0.05) is 30.4 Å². The SMILES string of the molecule is C/C=C1/C=Cc2ccccc2N1C. The van der Waals surface area contributed by atoms with Gasteiger partial charge >= 0.3 is 0 Å². The summed E-state index contributed by atoms with van der Waals surface area (Å²) in [7, 11) is 2.09. The van der Waals surface area contributed by atoms with Gasteiger partial charge in [-0.2, -0.15) is 0 Å². The summed E-state index contributed by atoms with van der Waals surface area (Å²) in [6.07, 6.45) is 6.42. The molecule has 0 aromatic heterocycles. The van der Waals surface area contributed by atoms with Crippen LogP contribution in [-0.4, -0.2) is 7.05 Å². The second-order valence-corrected chi connectivity index (χ2v) is 3.16. The minimum atomic E-state index is 1.25. The number of allylic oxidation sites excluding steroid dienone is 2. The first-order chi connectivity index (χ1) is 6.33. The van der Waals surface area contributed by atoms with Crippen LogP contribution in [0.2, 0.25) is 0 Å². The number of fused-ring (bicyclic) bond motifs is 1. The minimum absolute atomic E-state index is 1.25. The Morgan fingerprint density at radius 3 is 2.69 bits per heavy atom. The molecular weight excluding hydrogens is 158 g/mol. The molecule has 1 aromatic carbocycles. The van der Waals surface area contributed by atoms with Crippen LogP contribution in [0.3, 0.4) is 0 Å². The zero-order valence-corrected chi connectivity index (χ0v) is 7.99. The lowest BCUT2D eigenvalue weighted by Gasteiger charge is -2.25. The Bertz CT molecular complexity index is 374. The van der Waals surface area contributed by atoms with Gasteiger partial charge in [-0.25, -0.2) is 0 Å². The van der Waals surface area contributed by atoms with E-state index < -0.39 is 0 Å². The molecule has 0 aliphatic carbocycles. The van der Waals surface area contributed by atoms with Crippen molar-refractivity contribution in [1.29, 1.82) is 0 Å². The lowest BCUT2D eigenvalue weighted by atomic mass is 10.1. The van der Waals surface area contributed by atoms with Crippen LogP contribution >= 0.6 is 0 Å². The van der Waals surface area contributed by atoms with Gasteiger partial charge in [-0.15, -0.1) is 0 Å². The van der Waals surface area contributed by atoms with E-state index in [0.29, 0.717) is 0 Å². The molecule has 66 valence electrons. The Morgan fingerprint density at radius 2 is 1.92 bits per heavy atom. The van der Waals surface area contributed by atoms with E-state index in [2.05, 4.69) is 61.4 Å². The molecule has 1 aliphatic rings. The van der Waals surface area contributed by atoms with Crippen LogP contribution in [-0.2, 0) is 0 Å². The molecule has 1 nitrogen and oxygen atoms in total. The maximum Gasteiger partial charge on any atom is 0.0481 e. The Kier molecular flexibility index (Phi) is 1.93. The van der Waals surface area contributed by atoms with Crippen molar-refractivity contribution >= 4 is 11.8 Å². The molecule has 1 aliphatic heterocycles. The monoisotopic (exact) mass is 171 g/mol. The van der Waals surface area contributed by atoms with Crippen LogP contribution in [0.5, 0.6) is 0 Å². The van der Waals surface area contributed by atoms with E-state index in [9.17, 15) is 0 Å². The first-order valence-corrected chi connectivity index (χ1v) is 4.50. The topological polar surface area (TPSA) is 3.24 Å². The van der Waals surface area contributed by atoms with E-state index >= 15 is 0 Å². The Morgan fingerprint density at radius 1 is 1.15 bits per heavy atom. The summed E-state index contributed by atoms with van der Waals surface area (Å²) in [6.45, 7) is 2.06. The van der Waals surface area contributed by atoms with Gasteiger partial charge in [0.2, 0.25) is 0 Å². The molecule has 0 unspecified atom stereocenters. The number of hydrogen-bond acceptors (Lipinski definition) is 1. The van der Waals surface area contributed by atoms with Crippen molar-refractivity contribution in [2.75, 3.05) is 11.9 Å². The van der Waals surface area contributed by atoms with Crippen molar-refractivity contribution in [1.82, 2.24) is 0 Å². The third kappa shape index (κ3) is 1.26. The van der Waals surface area contributed by atoms with Crippen molar-refractivity contribution in [3.05, 3.63) is 47.7 Å². The molecule has 0 atom stereocenters. The number of rotatable bonds is 0. The number of para-hydroxylation sites is 1. The molecule has 2 rings (SSSR count). The number of benzene rings is 1. The summed E-state index contributed by atoms with van der Waals surface area (Å²) in [6, 6.07) is 8.41. The lowest BCUT2D eigenvalue weighted by Crippen LogP contribution is -2.18. The third-order valence-electron chi connectivity index (χ3n) is 2.41. The Hall–Kier alpha value is -1.50. The van der Waals surface area contributed by atoms with E-state index in [1.807, 2.05) is 0 Å². The van der Waals surface area contributed by atoms with Crippen molar-refractivity contribution in [2.45, 2.75) is 6.92 Å². The van der Waals surface area contributed by atoms with Crippen LogP contribution in [0.25, 0.3) is 6.08 Å². The van der Waals surface area contributed by atoms with Gasteiger partial charge in [0.25, 0.3) is 0 Å². The molecule has 0 saturated carbocycles. The van der Waals surface area contributed by atoms with E-state index in [0.717, 1.165) is 0 Å². The summed E-state index contributed by atoms with van der Waals surface area (Å²) < 4.78 is 0. The average Bonchev–Trinajstić information content (AvgIpc) is 2.19. The predicted molar refractivity (Wildman–Crippen MR) is 57.6 cm³/mol. The molecular formula is C12H13N. The third-order valence-corrected chi connectivity index (χ3v) is 2.41.